The van der Waals surface area contributed by atoms with Crippen molar-refractivity contribution >= 4 is 23.0 Å². The lowest BCUT2D eigenvalue weighted by molar-refractivity contribution is 0.0941. The minimum Gasteiger partial charge on any atom is -0.349 e. The molecule has 0 saturated carbocycles. The van der Waals surface area contributed by atoms with E-state index >= 15 is 0 Å². The highest BCUT2D eigenvalue weighted by atomic mass is 16.2. The molecule has 2 N–H and O–H groups in total. The monoisotopic (exact) mass is 393 g/mol. The molecule has 0 bridgehead atoms. The van der Waals surface area contributed by atoms with E-state index in [1.165, 1.54) is 0 Å². The summed E-state index contributed by atoms with van der Waals surface area (Å²) in [6.45, 7) is 5.34. The Kier molecular flexibility index (Phi) is 6.29. The third-order valence-electron chi connectivity index (χ3n) is 4.68. The van der Waals surface area contributed by atoms with Crippen LogP contribution in [-0.4, -0.2) is 53.3 Å². The van der Waals surface area contributed by atoms with Gasteiger partial charge in [0.25, 0.3) is 11.8 Å². The van der Waals surface area contributed by atoms with Crippen LogP contribution >= 0.6 is 0 Å². The molecule has 2 aromatic heterocycles. The van der Waals surface area contributed by atoms with Crippen LogP contribution in [0.2, 0.25) is 0 Å². The number of hydrogen-bond acceptors (Lipinski definition) is 4. The normalized spacial score (nSPS) is 11.1. The summed E-state index contributed by atoms with van der Waals surface area (Å²) in [5, 5.41) is 5.81. The molecule has 0 aliphatic rings. The molecule has 29 heavy (non-hydrogen) atoms. The third kappa shape index (κ3) is 4.81. The van der Waals surface area contributed by atoms with Crippen LogP contribution in [0.5, 0.6) is 0 Å². The van der Waals surface area contributed by atoms with Crippen LogP contribution in [0.4, 0.5) is 5.69 Å². The molecule has 3 rings (SSSR count). The number of anilines is 1. The standard InChI is InChI=1S/C22H27N5O2/c1-15-9-10-16(2)17(14-15)24-21(28)19-18-8-5-6-13-27(18)20(25-19)22(29)23-11-7-12-26(3)4/h5-6,8-10,13-14H,7,11-12H2,1-4H3,(H,23,29)(H,24,28). The third-order valence-corrected chi connectivity index (χ3v) is 4.68. The Morgan fingerprint density at radius 1 is 1.10 bits per heavy atom. The highest BCUT2D eigenvalue weighted by molar-refractivity contribution is 6.09. The summed E-state index contributed by atoms with van der Waals surface area (Å²) in [5.74, 6) is -0.429. The van der Waals surface area contributed by atoms with Crippen molar-refractivity contribution in [2.24, 2.45) is 0 Å². The van der Waals surface area contributed by atoms with Crippen LogP contribution in [0.3, 0.4) is 0 Å². The fourth-order valence-corrected chi connectivity index (χ4v) is 3.09. The molecule has 0 saturated heterocycles. The summed E-state index contributed by atoms with van der Waals surface area (Å²) in [6.07, 6.45) is 2.58. The van der Waals surface area contributed by atoms with Crippen molar-refractivity contribution in [3.8, 4) is 0 Å². The second-order valence-corrected chi connectivity index (χ2v) is 7.43. The maximum absolute atomic E-state index is 12.9. The van der Waals surface area contributed by atoms with Crippen molar-refractivity contribution in [3.63, 3.8) is 0 Å². The van der Waals surface area contributed by atoms with Crippen LogP contribution in [0.25, 0.3) is 5.52 Å². The molecule has 0 spiro atoms. The predicted molar refractivity (Wildman–Crippen MR) is 115 cm³/mol. The van der Waals surface area contributed by atoms with Crippen molar-refractivity contribution in [2.45, 2.75) is 20.3 Å². The van der Waals surface area contributed by atoms with Crippen molar-refractivity contribution in [3.05, 3.63) is 65.2 Å². The van der Waals surface area contributed by atoms with Gasteiger partial charge in [0.15, 0.2) is 5.69 Å². The number of hydrogen-bond donors (Lipinski definition) is 2. The van der Waals surface area contributed by atoms with Crippen molar-refractivity contribution in [2.75, 3.05) is 32.5 Å². The first-order valence-electron chi connectivity index (χ1n) is 9.65. The highest BCUT2D eigenvalue weighted by Crippen LogP contribution is 2.19. The SMILES string of the molecule is Cc1ccc(C)c(NC(=O)c2nc(C(=O)NCCCN(C)C)n3ccccc23)c1. The van der Waals surface area contributed by atoms with Crippen LogP contribution in [0.15, 0.2) is 42.6 Å². The minimum absolute atomic E-state index is 0.205. The van der Waals surface area contributed by atoms with E-state index in [0.29, 0.717) is 12.1 Å². The summed E-state index contributed by atoms with van der Waals surface area (Å²) in [7, 11) is 3.98. The first-order valence-corrected chi connectivity index (χ1v) is 9.65. The summed E-state index contributed by atoms with van der Waals surface area (Å²) < 4.78 is 1.65. The Morgan fingerprint density at radius 2 is 1.90 bits per heavy atom. The van der Waals surface area contributed by atoms with Crippen LogP contribution in [0.1, 0.15) is 38.7 Å². The van der Waals surface area contributed by atoms with Gasteiger partial charge in [-0.25, -0.2) is 4.98 Å². The average Bonchev–Trinajstić information content (AvgIpc) is 3.08. The summed E-state index contributed by atoms with van der Waals surface area (Å²) in [4.78, 5) is 32.0. The van der Waals surface area contributed by atoms with Gasteiger partial charge < -0.3 is 15.5 Å². The second-order valence-electron chi connectivity index (χ2n) is 7.43. The lowest BCUT2D eigenvalue weighted by Crippen LogP contribution is -2.28. The molecule has 0 atom stereocenters. The number of nitrogens with one attached hydrogen (secondary N) is 2. The number of pyridine rings is 1. The molecule has 0 aliphatic carbocycles. The molecular weight excluding hydrogens is 366 g/mol. The highest BCUT2D eigenvalue weighted by Gasteiger charge is 2.21. The van der Waals surface area contributed by atoms with Gasteiger partial charge in [0.2, 0.25) is 5.82 Å². The molecule has 0 unspecified atom stereocenters. The fourth-order valence-electron chi connectivity index (χ4n) is 3.09. The number of benzene rings is 1. The largest absolute Gasteiger partial charge is 0.349 e. The molecule has 0 radical (unpaired) electrons. The topological polar surface area (TPSA) is 78.7 Å². The smallest absolute Gasteiger partial charge is 0.287 e. The van der Waals surface area contributed by atoms with Gasteiger partial charge in [0.1, 0.15) is 0 Å². The molecular formula is C22H27N5O2. The van der Waals surface area contributed by atoms with E-state index in [1.54, 1.807) is 16.7 Å². The number of fused-ring (bicyclic) bond motifs is 1. The van der Waals surface area contributed by atoms with Gasteiger partial charge in [-0.3, -0.25) is 14.0 Å². The maximum atomic E-state index is 12.9. The molecule has 7 heteroatoms. The number of rotatable bonds is 7. The zero-order valence-electron chi connectivity index (χ0n) is 17.3. The van der Waals surface area contributed by atoms with Gasteiger partial charge in [-0.1, -0.05) is 18.2 Å². The zero-order chi connectivity index (χ0) is 21.0. The number of aromatic nitrogens is 2. The number of aryl methyl sites for hydroxylation is 2. The van der Waals surface area contributed by atoms with Crippen LogP contribution in [-0.2, 0) is 0 Å². The maximum Gasteiger partial charge on any atom is 0.287 e. The van der Waals surface area contributed by atoms with Gasteiger partial charge in [-0.15, -0.1) is 0 Å². The van der Waals surface area contributed by atoms with E-state index in [2.05, 4.69) is 20.5 Å². The number of imidazole rings is 1. The second kappa shape index (κ2) is 8.87. The molecule has 7 nitrogen and oxygen atoms in total. The Morgan fingerprint density at radius 3 is 2.66 bits per heavy atom. The molecule has 0 fully saturated rings. The van der Waals surface area contributed by atoms with Gasteiger partial charge in [0.05, 0.1) is 5.52 Å². The first kappa shape index (κ1) is 20.5. The Balaban J connectivity index is 1.84. The van der Waals surface area contributed by atoms with Gasteiger partial charge >= 0.3 is 0 Å². The molecule has 3 aromatic rings. The molecule has 1 aromatic carbocycles. The van der Waals surface area contributed by atoms with Crippen LogP contribution < -0.4 is 10.6 Å². The fraction of sp³-hybridized carbons (Fsp3) is 0.318. The molecule has 152 valence electrons. The van der Waals surface area contributed by atoms with Gasteiger partial charge in [-0.05, 0) is 70.2 Å². The summed E-state index contributed by atoms with van der Waals surface area (Å²) in [6, 6.07) is 11.3. The van der Waals surface area contributed by atoms with E-state index in [0.717, 1.165) is 29.8 Å². The van der Waals surface area contributed by atoms with Crippen molar-refractivity contribution < 1.29 is 9.59 Å². The summed E-state index contributed by atoms with van der Waals surface area (Å²) >= 11 is 0. The first-order chi connectivity index (χ1) is 13.9. The molecule has 0 aliphatic heterocycles. The minimum atomic E-state index is -0.339. The van der Waals surface area contributed by atoms with Gasteiger partial charge in [-0.2, -0.15) is 0 Å². The number of carbonyl (C=O) groups is 2. The number of carbonyl (C=O) groups excluding carboxylic acids is 2. The molecule has 2 heterocycles. The van der Waals surface area contributed by atoms with E-state index in [-0.39, 0.29) is 23.3 Å². The van der Waals surface area contributed by atoms with E-state index < -0.39 is 0 Å². The Labute approximate surface area is 170 Å². The lowest BCUT2D eigenvalue weighted by atomic mass is 10.1. The van der Waals surface area contributed by atoms with E-state index in [4.69, 9.17) is 0 Å². The van der Waals surface area contributed by atoms with Gasteiger partial charge in [0, 0.05) is 18.4 Å². The van der Waals surface area contributed by atoms with E-state index in [1.807, 2.05) is 58.3 Å². The van der Waals surface area contributed by atoms with Crippen molar-refractivity contribution in [1.82, 2.24) is 19.6 Å². The number of amides is 2. The zero-order valence-corrected chi connectivity index (χ0v) is 17.3. The Bertz CT molecular complexity index is 1040. The number of nitrogens with zero attached hydrogens (tertiary/aromatic N) is 3. The predicted octanol–water partition coefficient (Wildman–Crippen LogP) is 2.88. The van der Waals surface area contributed by atoms with Crippen LogP contribution in [0, 0.1) is 13.8 Å². The Hall–Kier alpha value is -3.19. The summed E-state index contributed by atoms with van der Waals surface area (Å²) in [5.41, 5.74) is 3.57. The quantitative estimate of drug-likeness (QED) is 0.605. The van der Waals surface area contributed by atoms with E-state index in [9.17, 15) is 9.59 Å². The van der Waals surface area contributed by atoms with Crippen molar-refractivity contribution in [1.29, 1.82) is 0 Å². The molecule has 2 amide bonds. The lowest BCUT2D eigenvalue weighted by Gasteiger charge is -2.09. The average molecular weight is 393 g/mol.